The standard InChI is InChI=1S/C16H23FN2O3/c1-11(12-5-6-14(21-2)13(17)9-12)19-15(20)18-10-16(22-3)7-4-8-16/h5-6,9,11H,4,7-8,10H2,1-3H3,(H2,18,19,20)/t11-/m1/s1. The molecule has 6 heteroatoms. The Kier molecular flexibility index (Phi) is 5.24. The van der Waals surface area contributed by atoms with Crippen LogP contribution in [0.1, 0.15) is 37.8 Å². The molecule has 0 aromatic heterocycles. The second kappa shape index (κ2) is 6.96. The van der Waals surface area contributed by atoms with E-state index >= 15 is 0 Å². The Morgan fingerprint density at radius 1 is 1.41 bits per heavy atom. The van der Waals surface area contributed by atoms with Crippen LogP contribution in [0, 0.1) is 5.82 Å². The zero-order chi connectivity index (χ0) is 16.2. The van der Waals surface area contributed by atoms with Gasteiger partial charge in [-0.1, -0.05) is 6.07 Å². The average Bonchev–Trinajstić information content (AvgIpc) is 2.46. The smallest absolute Gasteiger partial charge is 0.315 e. The van der Waals surface area contributed by atoms with Gasteiger partial charge in [-0.05, 0) is 43.9 Å². The summed E-state index contributed by atoms with van der Waals surface area (Å²) >= 11 is 0. The summed E-state index contributed by atoms with van der Waals surface area (Å²) in [5.74, 6) is -0.255. The molecule has 1 aliphatic carbocycles. The molecule has 5 nitrogen and oxygen atoms in total. The molecular formula is C16H23FN2O3. The predicted octanol–water partition coefficient (Wildman–Crippen LogP) is 2.76. The van der Waals surface area contributed by atoms with Crippen molar-refractivity contribution in [2.24, 2.45) is 0 Å². The van der Waals surface area contributed by atoms with E-state index in [0.29, 0.717) is 12.1 Å². The Bertz CT molecular complexity index is 527. The molecule has 1 aromatic carbocycles. The fourth-order valence-corrected chi connectivity index (χ4v) is 2.55. The molecule has 0 radical (unpaired) electrons. The van der Waals surface area contributed by atoms with Crippen molar-refractivity contribution in [3.8, 4) is 5.75 Å². The van der Waals surface area contributed by atoms with Crippen molar-refractivity contribution < 1.29 is 18.7 Å². The van der Waals surface area contributed by atoms with Gasteiger partial charge in [-0.3, -0.25) is 0 Å². The fraction of sp³-hybridized carbons (Fsp3) is 0.562. The Morgan fingerprint density at radius 2 is 2.14 bits per heavy atom. The van der Waals surface area contributed by atoms with E-state index in [1.165, 1.54) is 13.2 Å². The van der Waals surface area contributed by atoms with Crippen molar-refractivity contribution in [1.29, 1.82) is 0 Å². The van der Waals surface area contributed by atoms with Crippen LogP contribution in [0.2, 0.25) is 0 Å². The molecule has 0 bridgehead atoms. The normalized spacial score (nSPS) is 17.3. The lowest BCUT2D eigenvalue weighted by Crippen LogP contribution is -2.51. The van der Waals surface area contributed by atoms with Crippen LogP contribution in [0.5, 0.6) is 5.75 Å². The van der Waals surface area contributed by atoms with Crippen LogP contribution in [0.4, 0.5) is 9.18 Å². The lowest BCUT2D eigenvalue weighted by molar-refractivity contribution is -0.0674. The lowest BCUT2D eigenvalue weighted by atomic mass is 9.80. The molecule has 122 valence electrons. The summed E-state index contributed by atoms with van der Waals surface area (Å²) in [6.07, 6.45) is 3.05. The van der Waals surface area contributed by atoms with Crippen LogP contribution in [0.25, 0.3) is 0 Å². The highest BCUT2D eigenvalue weighted by molar-refractivity contribution is 5.74. The molecular weight excluding hydrogens is 287 g/mol. The van der Waals surface area contributed by atoms with Crippen LogP contribution in [-0.4, -0.2) is 32.4 Å². The van der Waals surface area contributed by atoms with E-state index in [9.17, 15) is 9.18 Å². The first-order chi connectivity index (χ1) is 10.5. The third-order valence-corrected chi connectivity index (χ3v) is 4.29. The first-order valence-electron chi connectivity index (χ1n) is 7.42. The summed E-state index contributed by atoms with van der Waals surface area (Å²) in [4.78, 5) is 11.9. The molecule has 22 heavy (non-hydrogen) atoms. The minimum atomic E-state index is -0.443. The monoisotopic (exact) mass is 310 g/mol. The van der Waals surface area contributed by atoms with Gasteiger partial charge in [0.25, 0.3) is 0 Å². The molecule has 1 aliphatic rings. The first-order valence-corrected chi connectivity index (χ1v) is 7.42. The van der Waals surface area contributed by atoms with E-state index in [4.69, 9.17) is 9.47 Å². The fourth-order valence-electron chi connectivity index (χ4n) is 2.55. The average molecular weight is 310 g/mol. The molecule has 0 heterocycles. The molecule has 1 saturated carbocycles. The van der Waals surface area contributed by atoms with E-state index < -0.39 is 5.82 Å². The highest BCUT2D eigenvalue weighted by Crippen LogP contribution is 2.34. The number of hydrogen-bond acceptors (Lipinski definition) is 3. The van der Waals surface area contributed by atoms with Crippen molar-refractivity contribution in [2.45, 2.75) is 37.8 Å². The van der Waals surface area contributed by atoms with Crippen molar-refractivity contribution in [2.75, 3.05) is 20.8 Å². The predicted molar refractivity (Wildman–Crippen MR) is 81.5 cm³/mol. The quantitative estimate of drug-likeness (QED) is 0.849. The zero-order valence-electron chi connectivity index (χ0n) is 13.2. The van der Waals surface area contributed by atoms with Crippen molar-refractivity contribution in [1.82, 2.24) is 10.6 Å². The van der Waals surface area contributed by atoms with Gasteiger partial charge in [0.2, 0.25) is 0 Å². The van der Waals surface area contributed by atoms with Gasteiger partial charge in [-0.25, -0.2) is 9.18 Å². The van der Waals surface area contributed by atoms with Crippen LogP contribution in [0.15, 0.2) is 18.2 Å². The Balaban J connectivity index is 1.87. The molecule has 0 aliphatic heterocycles. The van der Waals surface area contributed by atoms with Crippen LogP contribution in [0.3, 0.4) is 0 Å². The first kappa shape index (κ1) is 16.5. The third kappa shape index (κ3) is 3.68. The molecule has 0 unspecified atom stereocenters. The maximum Gasteiger partial charge on any atom is 0.315 e. The minimum absolute atomic E-state index is 0.187. The number of halogens is 1. The van der Waals surface area contributed by atoms with E-state index in [2.05, 4.69) is 10.6 Å². The number of carbonyl (C=O) groups is 1. The van der Waals surface area contributed by atoms with Crippen molar-refractivity contribution in [3.63, 3.8) is 0 Å². The number of urea groups is 1. The second-order valence-electron chi connectivity index (χ2n) is 5.68. The number of nitrogens with one attached hydrogen (secondary N) is 2. The van der Waals surface area contributed by atoms with E-state index in [-0.39, 0.29) is 23.4 Å². The molecule has 2 amide bonds. The van der Waals surface area contributed by atoms with Gasteiger partial charge in [-0.15, -0.1) is 0 Å². The number of benzene rings is 1. The van der Waals surface area contributed by atoms with E-state index in [1.807, 2.05) is 0 Å². The zero-order valence-corrected chi connectivity index (χ0v) is 13.2. The molecule has 0 spiro atoms. The number of rotatable bonds is 6. The highest BCUT2D eigenvalue weighted by Gasteiger charge is 2.37. The summed E-state index contributed by atoms with van der Waals surface area (Å²) < 4.78 is 24.0. The second-order valence-corrected chi connectivity index (χ2v) is 5.68. The summed E-state index contributed by atoms with van der Waals surface area (Å²) in [5, 5.41) is 5.61. The largest absolute Gasteiger partial charge is 0.494 e. The Morgan fingerprint density at radius 3 is 2.64 bits per heavy atom. The number of methoxy groups -OCH3 is 2. The van der Waals surface area contributed by atoms with Crippen LogP contribution >= 0.6 is 0 Å². The number of hydrogen-bond donors (Lipinski definition) is 2. The number of carbonyl (C=O) groups excluding carboxylic acids is 1. The minimum Gasteiger partial charge on any atom is -0.494 e. The van der Waals surface area contributed by atoms with Gasteiger partial charge in [0.15, 0.2) is 11.6 Å². The third-order valence-electron chi connectivity index (χ3n) is 4.29. The SMILES string of the molecule is COc1ccc([C@@H](C)NC(=O)NCC2(OC)CCC2)cc1F. The molecule has 1 atom stereocenters. The maximum absolute atomic E-state index is 13.7. The Labute approximate surface area is 130 Å². The molecule has 0 saturated heterocycles. The van der Waals surface area contributed by atoms with Gasteiger partial charge in [0.1, 0.15) is 0 Å². The van der Waals surface area contributed by atoms with E-state index in [0.717, 1.165) is 19.3 Å². The maximum atomic E-state index is 13.7. The summed E-state index contributed by atoms with van der Waals surface area (Å²) in [7, 11) is 3.08. The van der Waals surface area contributed by atoms with Crippen LogP contribution < -0.4 is 15.4 Å². The Hall–Kier alpha value is -1.82. The van der Waals surface area contributed by atoms with E-state index in [1.54, 1.807) is 26.2 Å². The number of ether oxygens (including phenoxy) is 2. The number of amides is 2. The highest BCUT2D eigenvalue weighted by atomic mass is 19.1. The molecule has 1 aromatic rings. The van der Waals surface area contributed by atoms with Gasteiger partial charge in [0, 0.05) is 13.7 Å². The summed E-state index contributed by atoms with van der Waals surface area (Å²) in [5.41, 5.74) is 0.464. The van der Waals surface area contributed by atoms with Gasteiger partial charge in [-0.2, -0.15) is 0 Å². The summed E-state index contributed by atoms with van der Waals surface area (Å²) in [6, 6.07) is 4.06. The van der Waals surface area contributed by atoms with Gasteiger partial charge in [0.05, 0.1) is 18.8 Å². The molecule has 2 rings (SSSR count). The van der Waals surface area contributed by atoms with Gasteiger partial charge >= 0.3 is 6.03 Å². The summed E-state index contributed by atoms with van der Waals surface area (Å²) in [6.45, 7) is 2.29. The van der Waals surface area contributed by atoms with Crippen molar-refractivity contribution in [3.05, 3.63) is 29.6 Å². The lowest BCUT2D eigenvalue weighted by Gasteiger charge is -2.40. The van der Waals surface area contributed by atoms with Crippen molar-refractivity contribution >= 4 is 6.03 Å². The van der Waals surface area contributed by atoms with Crippen LogP contribution in [-0.2, 0) is 4.74 Å². The topological polar surface area (TPSA) is 59.6 Å². The van der Waals surface area contributed by atoms with Gasteiger partial charge < -0.3 is 20.1 Å². The molecule has 1 fully saturated rings. The molecule has 2 N–H and O–H groups in total.